The van der Waals surface area contributed by atoms with Gasteiger partial charge in [0.25, 0.3) is 15.9 Å². The number of sulfonamides is 1. The SMILES string of the molecule is O=C(Nc1ccc(S(=O)(=O)Nc2nccs2)cc1)c1cc2c(=O)c3ccccc3oc2o1. The maximum atomic E-state index is 12.6. The summed E-state index contributed by atoms with van der Waals surface area (Å²) in [6.45, 7) is 0. The van der Waals surface area contributed by atoms with Crippen molar-refractivity contribution in [2.45, 2.75) is 4.90 Å². The lowest BCUT2D eigenvalue weighted by Gasteiger charge is -2.07. The number of nitrogens with zero attached hydrogens (tertiary/aromatic N) is 1. The van der Waals surface area contributed by atoms with Gasteiger partial charge in [0, 0.05) is 23.3 Å². The van der Waals surface area contributed by atoms with Gasteiger partial charge in [0.1, 0.15) is 11.0 Å². The molecule has 0 aliphatic carbocycles. The van der Waals surface area contributed by atoms with E-state index in [-0.39, 0.29) is 32.4 Å². The summed E-state index contributed by atoms with van der Waals surface area (Å²) in [5, 5.41) is 5.05. The molecule has 0 aliphatic rings. The minimum atomic E-state index is -3.80. The van der Waals surface area contributed by atoms with Crippen LogP contribution in [0, 0.1) is 0 Å². The van der Waals surface area contributed by atoms with Crippen LogP contribution in [0.25, 0.3) is 22.1 Å². The number of amides is 1. The minimum Gasteiger partial charge on any atom is -0.425 e. The number of nitrogens with one attached hydrogen (secondary N) is 2. The molecule has 9 nitrogen and oxygen atoms in total. The Morgan fingerprint density at radius 2 is 1.78 bits per heavy atom. The van der Waals surface area contributed by atoms with Crippen LogP contribution in [0.5, 0.6) is 0 Å². The van der Waals surface area contributed by atoms with Crippen LogP contribution in [0.4, 0.5) is 10.8 Å². The van der Waals surface area contributed by atoms with Gasteiger partial charge < -0.3 is 14.2 Å². The van der Waals surface area contributed by atoms with Gasteiger partial charge >= 0.3 is 5.78 Å². The van der Waals surface area contributed by atoms with Gasteiger partial charge in [0.15, 0.2) is 10.9 Å². The van der Waals surface area contributed by atoms with Crippen LogP contribution in [-0.2, 0) is 10.0 Å². The van der Waals surface area contributed by atoms with Crippen molar-refractivity contribution in [3.8, 4) is 0 Å². The molecule has 0 saturated carbocycles. The Kier molecular flexibility index (Phi) is 4.76. The van der Waals surface area contributed by atoms with E-state index in [1.807, 2.05) is 0 Å². The number of para-hydroxylation sites is 1. The molecule has 5 aromatic rings. The molecule has 0 unspecified atom stereocenters. The van der Waals surface area contributed by atoms with Crippen molar-refractivity contribution in [1.82, 2.24) is 4.98 Å². The molecule has 0 radical (unpaired) electrons. The summed E-state index contributed by atoms with van der Waals surface area (Å²) in [7, 11) is -3.80. The second kappa shape index (κ2) is 7.62. The molecule has 0 atom stereocenters. The van der Waals surface area contributed by atoms with Crippen molar-refractivity contribution in [3.63, 3.8) is 0 Å². The summed E-state index contributed by atoms with van der Waals surface area (Å²) in [6, 6.07) is 13.6. The number of furan rings is 1. The fourth-order valence-electron chi connectivity index (χ4n) is 3.07. The molecule has 0 bridgehead atoms. The first-order chi connectivity index (χ1) is 15.4. The van der Waals surface area contributed by atoms with Crippen LogP contribution >= 0.6 is 11.3 Å². The highest BCUT2D eigenvalue weighted by Gasteiger charge is 2.19. The predicted octanol–water partition coefficient (Wildman–Crippen LogP) is 4.05. The van der Waals surface area contributed by atoms with Crippen LogP contribution in [0.15, 0.2) is 84.7 Å². The van der Waals surface area contributed by atoms with Crippen LogP contribution < -0.4 is 15.5 Å². The Bertz CT molecular complexity index is 1620. The largest absolute Gasteiger partial charge is 0.425 e. The number of aromatic nitrogens is 1. The summed E-state index contributed by atoms with van der Waals surface area (Å²) in [6.07, 6.45) is 1.49. The third-order valence-electron chi connectivity index (χ3n) is 4.58. The molecule has 160 valence electrons. The van der Waals surface area contributed by atoms with E-state index in [9.17, 15) is 18.0 Å². The molecule has 0 aliphatic heterocycles. The van der Waals surface area contributed by atoms with Gasteiger partial charge in [-0.3, -0.25) is 14.3 Å². The Balaban J connectivity index is 1.38. The first-order valence-electron chi connectivity index (χ1n) is 9.20. The highest BCUT2D eigenvalue weighted by molar-refractivity contribution is 7.93. The quantitative estimate of drug-likeness (QED) is 0.399. The van der Waals surface area contributed by atoms with Crippen molar-refractivity contribution >= 4 is 60.2 Å². The molecule has 2 N–H and O–H groups in total. The molecule has 0 spiro atoms. The fraction of sp³-hybridized carbons (Fsp3) is 0. The van der Waals surface area contributed by atoms with Gasteiger partial charge in [-0.2, -0.15) is 0 Å². The highest BCUT2D eigenvalue weighted by atomic mass is 32.2. The second-order valence-corrected chi connectivity index (χ2v) is 9.24. The number of hydrogen-bond donors (Lipinski definition) is 2. The van der Waals surface area contributed by atoms with E-state index in [2.05, 4.69) is 15.0 Å². The lowest BCUT2D eigenvalue weighted by Crippen LogP contribution is -2.13. The van der Waals surface area contributed by atoms with Gasteiger partial charge in [0.2, 0.25) is 5.43 Å². The van der Waals surface area contributed by atoms with E-state index in [4.69, 9.17) is 8.83 Å². The van der Waals surface area contributed by atoms with E-state index in [0.717, 1.165) is 11.3 Å². The van der Waals surface area contributed by atoms with E-state index in [1.165, 1.54) is 36.5 Å². The van der Waals surface area contributed by atoms with Gasteiger partial charge in [-0.05, 0) is 36.4 Å². The highest BCUT2D eigenvalue weighted by Crippen LogP contribution is 2.23. The molecule has 32 heavy (non-hydrogen) atoms. The number of benzene rings is 2. The Labute approximate surface area is 184 Å². The van der Waals surface area contributed by atoms with Crippen molar-refractivity contribution in [1.29, 1.82) is 0 Å². The van der Waals surface area contributed by atoms with Gasteiger partial charge in [0.05, 0.1) is 10.3 Å². The number of rotatable bonds is 5. The first kappa shape index (κ1) is 20.0. The van der Waals surface area contributed by atoms with Crippen LogP contribution in [0.1, 0.15) is 10.6 Å². The predicted molar refractivity (Wildman–Crippen MR) is 120 cm³/mol. The number of anilines is 2. The summed E-state index contributed by atoms with van der Waals surface area (Å²) in [4.78, 5) is 29.1. The second-order valence-electron chi connectivity index (χ2n) is 6.66. The zero-order chi connectivity index (χ0) is 22.3. The standard InChI is InChI=1S/C21H13N3O6S2/c25-18-14-3-1-2-4-16(14)29-20-15(18)11-17(30-20)19(26)23-12-5-7-13(8-6-12)32(27,28)24-21-22-9-10-31-21/h1-11H,(H,22,24)(H,23,26). The first-order valence-corrected chi connectivity index (χ1v) is 11.6. The van der Waals surface area contributed by atoms with Crippen molar-refractivity contribution in [2.75, 3.05) is 10.0 Å². The monoisotopic (exact) mass is 467 g/mol. The molecule has 0 fully saturated rings. The molecular formula is C21H13N3O6S2. The van der Waals surface area contributed by atoms with E-state index in [0.29, 0.717) is 16.7 Å². The Morgan fingerprint density at radius 3 is 2.53 bits per heavy atom. The fourth-order valence-corrected chi connectivity index (χ4v) is 4.86. The molecule has 1 amide bonds. The normalized spacial score (nSPS) is 11.6. The maximum Gasteiger partial charge on any atom is 0.302 e. The molecular weight excluding hydrogens is 454 g/mol. The zero-order valence-electron chi connectivity index (χ0n) is 16.1. The summed E-state index contributed by atoms with van der Waals surface area (Å²) >= 11 is 1.16. The number of fused-ring (bicyclic) bond motifs is 2. The van der Waals surface area contributed by atoms with Gasteiger partial charge in [-0.25, -0.2) is 13.4 Å². The van der Waals surface area contributed by atoms with Crippen LogP contribution in [-0.4, -0.2) is 19.3 Å². The van der Waals surface area contributed by atoms with Gasteiger partial charge in [-0.1, -0.05) is 12.1 Å². The topological polar surface area (TPSA) is 132 Å². The van der Waals surface area contributed by atoms with E-state index >= 15 is 0 Å². The van der Waals surface area contributed by atoms with Crippen LogP contribution in [0.2, 0.25) is 0 Å². The Morgan fingerprint density at radius 1 is 1.00 bits per heavy atom. The number of carbonyl (C=O) groups is 1. The third kappa shape index (κ3) is 3.63. The van der Waals surface area contributed by atoms with Gasteiger partial charge in [-0.15, -0.1) is 11.3 Å². The average molecular weight is 467 g/mol. The smallest absolute Gasteiger partial charge is 0.302 e. The minimum absolute atomic E-state index is 0.0101. The molecule has 3 heterocycles. The van der Waals surface area contributed by atoms with Crippen molar-refractivity contribution in [2.24, 2.45) is 0 Å². The average Bonchev–Trinajstić information content (AvgIpc) is 3.44. The zero-order valence-corrected chi connectivity index (χ0v) is 17.7. The molecule has 0 saturated heterocycles. The molecule has 3 aromatic heterocycles. The molecule has 2 aromatic carbocycles. The Hall–Kier alpha value is -3.96. The van der Waals surface area contributed by atoms with Crippen molar-refractivity contribution < 1.29 is 22.0 Å². The molecule has 5 rings (SSSR count). The number of hydrogen-bond acceptors (Lipinski definition) is 8. The molecule has 11 heteroatoms. The lowest BCUT2D eigenvalue weighted by molar-refractivity contribution is 0.0997. The lowest BCUT2D eigenvalue weighted by atomic mass is 10.2. The number of carbonyl (C=O) groups excluding carboxylic acids is 1. The third-order valence-corrected chi connectivity index (χ3v) is 6.75. The maximum absolute atomic E-state index is 12.6. The summed E-state index contributed by atoms with van der Waals surface area (Å²) in [5.74, 6) is -0.775. The summed E-state index contributed by atoms with van der Waals surface area (Å²) < 4.78 is 38.2. The van der Waals surface area contributed by atoms with E-state index < -0.39 is 15.9 Å². The van der Waals surface area contributed by atoms with Crippen LogP contribution in [0.3, 0.4) is 0 Å². The van der Waals surface area contributed by atoms with Crippen molar-refractivity contribution in [3.05, 3.63) is 82.2 Å². The van der Waals surface area contributed by atoms with E-state index in [1.54, 1.807) is 29.6 Å². The number of thiazole rings is 1. The summed E-state index contributed by atoms with van der Waals surface area (Å²) in [5.41, 5.74) is 0.398.